The molecule has 7 N–H and O–H groups in total. The highest BCUT2D eigenvalue weighted by molar-refractivity contribution is 6.02. The van der Waals surface area contributed by atoms with Gasteiger partial charge in [-0.05, 0) is 17.7 Å². The van der Waals surface area contributed by atoms with Crippen molar-refractivity contribution < 1.29 is 54.8 Å². The third kappa shape index (κ3) is 3.92. The van der Waals surface area contributed by atoms with E-state index in [0.29, 0.717) is 5.56 Å². The van der Waals surface area contributed by atoms with Gasteiger partial charge in [-0.25, -0.2) is 0 Å². The van der Waals surface area contributed by atoms with E-state index in [1.807, 2.05) is 0 Å². The molecule has 0 spiro atoms. The first-order valence-corrected chi connectivity index (χ1v) is 9.75. The fourth-order valence-corrected chi connectivity index (χ4v) is 3.71. The molecule has 0 radical (unpaired) electrons. The average Bonchev–Trinajstić information content (AvgIpc) is 2.75. The van der Waals surface area contributed by atoms with Gasteiger partial charge in [-0.2, -0.15) is 0 Å². The van der Waals surface area contributed by atoms with E-state index in [9.17, 15) is 40.5 Å². The quantitative estimate of drug-likeness (QED) is 0.303. The number of carbonyl (C=O) groups excluding carboxylic acids is 1. The Labute approximate surface area is 181 Å². The van der Waals surface area contributed by atoms with Crippen LogP contribution in [-0.4, -0.2) is 78.8 Å². The van der Waals surface area contributed by atoms with E-state index >= 15 is 0 Å². The highest BCUT2D eigenvalue weighted by Gasteiger charge is 2.45. The lowest BCUT2D eigenvalue weighted by Gasteiger charge is -2.39. The van der Waals surface area contributed by atoms with Crippen LogP contribution in [0, 0.1) is 0 Å². The summed E-state index contributed by atoms with van der Waals surface area (Å²) in [7, 11) is 0. The SMILES string of the molecule is O=C1C[C@@H](c2ccc(O)c(O)c2)Oc2cc(O[C@H]3O[C@@H](CO)[C@H](O)[C@@H](O)[C@@H]3O)cc(O)c21. The van der Waals surface area contributed by atoms with Gasteiger partial charge in [0.25, 0.3) is 0 Å². The van der Waals surface area contributed by atoms with Crippen molar-refractivity contribution in [1.29, 1.82) is 0 Å². The number of rotatable bonds is 4. The molecule has 0 bridgehead atoms. The molecule has 0 saturated carbocycles. The third-order valence-corrected chi connectivity index (χ3v) is 5.45. The maximum atomic E-state index is 12.6. The van der Waals surface area contributed by atoms with Gasteiger partial charge in [-0.3, -0.25) is 4.79 Å². The number of benzene rings is 2. The fraction of sp³-hybridized carbons (Fsp3) is 0.381. The predicted octanol–water partition coefficient (Wildman–Crippen LogP) is -0.311. The lowest BCUT2D eigenvalue weighted by molar-refractivity contribution is -0.277. The number of fused-ring (bicyclic) bond motifs is 1. The molecule has 0 aliphatic carbocycles. The highest BCUT2D eigenvalue weighted by atomic mass is 16.7. The van der Waals surface area contributed by atoms with Crippen LogP contribution in [0.5, 0.6) is 28.7 Å². The summed E-state index contributed by atoms with van der Waals surface area (Å²) >= 11 is 0. The Balaban J connectivity index is 1.60. The number of carbonyl (C=O) groups is 1. The number of ketones is 1. The third-order valence-electron chi connectivity index (χ3n) is 5.45. The molecular formula is C21H22O11. The van der Waals surface area contributed by atoms with E-state index < -0.39 is 54.9 Å². The van der Waals surface area contributed by atoms with E-state index in [1.54, 1.807) is 0 Å². The second-order valence-corrected chi connectivity index (χ2v) is 7.61. The first kappa shape index (κ1) is 22.1. The molecule has 0 unspecified atom stereocenters. The molecule has 0 amide bonds. The smallest absolute Gasteiger partial charge is 0.229 e. The highest BCUT2D eigenvalue weighted by Crippen LogP contribution is 2.43. The number of phenols is 3. The number of phenolic OH excluding ortho intramolecular Hbond substituents is 3. The van der Waals surface area contributed by atoms with Crippen LogP contribution in [0.25, 0.3) is 0 Å². The number of ether oxygens (including phenoxy) is 3. The zero-order chi connectivity index (χ0) is 23.2. The summed E-state index contributed by atoms with van der Waals surface area (Å²) < 4.78 is 16.6. The molecule has 0 aromatic heterocycles. The Morgan fingerprint density at radius 3 is 2.38 bits per heavy atom. The van der Waals surface area contributed by atoms with E-state index in [-0.39, 0.29) is 35.0 Å². The molecule has 4 rings (SSSR count). The van der Waals surface area contributed by atoms with E-state index in [0.717, 1.165) is 6.07 Å². The minimum absolute atomic E-state index is 0.0293. The van der Waals surface area contributed by atoms with E-state index in [4.69, 9.17) is 14.2 Å². The summed E-state index contributed by atoms with van der Waals surface area (Å²) in [6.45, 7) is -0.640. The Kier molecular flexibility index (Phi) is 5.84. The van der Waals surface area contributed by atoms with Crippen LogP contribution in [0.15, 0.2) is 30.3 Å². The van der Waals surface area contributed by atoms with Crippen molar-refractivity contribution in [2.24, 2.45) is 0 Å². The summed E-state index contributed by atoms with van der Waals surface area (Å²) in [5.41, 5.74) is 0.337. The van der Waals surface area contributed by atoms with Crippen LogP contribution in [0.4, 0.5) is 0 Å². The van der Waals surface area contributed by atoms with Crippen molar-refractivity contribution in [3.8, 4) is 28.7 Å². The Morgan fingerprint density at radius 2 is 1.69 bits per heavy atom. The van der Waals surface area contributed by atoms with E-state index in [2.05, 4.69) is 0 Å². The van der Waals surface area contributed by atoms with Gasteiger partial charge in [-0.1, -0.05) is 6.07 Å². The molecule has 1 saturated heterocycles. The van der Waals surface area contributed by atoms with Gasteiger partial charge in [0.05, 0.1) is 13.0 Å². The molecule has 1 fully saturated rings. The lowest BCUT2D eigenvalue weighted by Crippen LogP contribution is -2.60. The lowest BCUT2D eigenvalue weighted by atomic mass is 9.95. The number of hydrogen-bond donors (Lipinski definition) is 7. The maximum Gasteiger partial charge on any atom is 0.229 e. The number of Topliss-reactive ketones (excluding diaryl/α,β-unsaturated/α-hetero) is 1. The van der Waals surface area contributed by atoms with Gasteiger partial charge in [0.2, 0.25) is 6.29 Å². The topological polar surface area (TPSA) is 186 Å². The zero-order valence-corrected chi connectivity index (χ0v) is 16.5. The summed E-state index contributed by atoms with van der Waals surface area (Å²) in [4.78, 5) is 12.6. The fourth-order valence-electron chi connectivity index (χ4n) is 3.71. The molecule has 2 aliphatic heterocycles. The number of aromatic hydroxyl groups is 3. The molecule has 11 nitrogen and oxygen atoms in total. The van der Waals surface area contributed by atoms with Gasteiger partial charge in [0.1, 0.15) is 53.3 Å². The van der Waals surface area contributed by atoms with Crippen LogP contribution in [0.2, 0.25) is 0 Å². The van der Waals surface area contributed by atoms with Crippen LogP contribution in [-0.2, 0) is 4.74 Å². The van der Waals surface area contributed by atoms with Crippen LogP contribution in [0.1, 0.15) is 28.4 Å². The van der Waals surface area contributed by atoms with Crippen molar-refractivity contribution >= 4 is 5.78 Å². The maximum absolute atomic E-state index is 12.6. The zero-order valence-electron chi connectivity index (χ0n) is 16.5. The van der Waals surface area contributed by atoms with Crippen molar-refractivity contribution in [1.82, 2.24) is 0 Å². The Hall–Kier alpha value is -3.09. The molecule has 172 valence electrons. The van der Waals surface area contributed by atoms with Crippen LogP contribution < -0.4 is 9.47 Å². The molecule has 6 atom stereocenters. The molecule has 11 heteroatoms. The van der Waals surface area contributed by atoms with Gasteiger partial charge >= 0.3 is 0 Å². The number of aliphatic hydroxyl groups is 4. The molecular weight excluding hydrogens is 428 g/mol. The Bertz CT molecular complexity index is 1020. The summed E-state index contributed by atoms with van der Waals surface area (Å²) in [6.07, 6.45) is -8.50. The summed E-state index contributed by atoms with van der Waals surface area (Å²) in [6, 6.07) is 6.37. The van der Waals surface area contributed by atoms with Gasteiger partial charge in [0.15, 0.2) is 17.3 Å². The predicted molar refractivity (Wildman–Crippen MR) is 105 cm³/mol. The standard InChI is InChI=1S/C21H22O11/c22-7-16-18(27)19(28)20(29)21(32-16)30-9-4-12(25)17-13(26)6-14(31-15(17)5-9)8-1-2-10(23)11(24)3-8/h1-5,14,16,18-25,27-29H,6-7H2/t14-,16-,18-,19+,20-,21-/m0/s1. The number of hydrogen-bond acceptors (Lipinski definition) is 11. The van der Waals surface area contributed by atoms with E-state index in [1.165, 1.54) is 24.3 Å². The molecule has 2 heterocycles. The molecule has 32 heavy (non-hydrogen) atoms. The Morgan fingerprint density at radius 1 is 0.938 bits per heavy atom. The summed E-state index contributed by atoms with van der Waals surface area (Å²) in [5, 5.41) is 68.8. The largest absolute Gasteiger partial charge is 0.507 e. The molecule has 2 aromatic rings. The van der Waals surface area contributed by atoms with Crippen molar-refractivity contribution in [3.63, 3.8) is 0 Å². The molecule has 2 aliphatic rings. The average molecular weight is 450 g/mol. The second kappa shape index (κ2) is 8.45. The van der Waals surface area contributed by atoms with Crippen molar-refractivity contribution in [3.05, 3.63) is 41.5 Å². The monoisotopic (exact) mass is 450 g/mol. The minimum atomic E-state index is -1.67. The van der Waals surface area contributed by atoms with Crippen LogP contribution >= 0.6 is 0 Å². The first-order valence-electron chi connectivity index (χ1n) is 9.75. The van der Waals surface area contributed by atoms with Crippen molar-refractivity contribution in [2.45, 2.75) is 43.2 Å². The van der Waals surface area contributed by atoms with Crippen molar-refractivity contribution in [2.75, 3.05) is 6.61 Å². The summed E-state index contributed by atoms with van der Waals surface area (Å²) in [5.74, 6) is -1.69. The van der Waals surface area contributed by atoms with Gasteiger partial charge in [0, 0.05) is 12.1 Å². The second-order valence-electron chi connectivity index (χ2n) is 7.61. The van der Waals surface area contributed by atoms with Gasteiger partial charge in [-0.15, -0.1) is 0 Å². The molecule has 2 aromatic carbocycles. The van der Waals surface area contributed by atoms with Crippen LogP contribution in [0.3, 0.4) is 0 Å². The first-order chi connectivity index (χ1) is 15.2. The normalized spacial score (nSPS) is 29.8. The van der Waals surface area contributed by atoms with Gasteiger partial charge < -0.3 is 50.0 Å². The number of aliphatic hydroxyl groups excluding tert-OH is 4. The minimum Gasteiger partial charge on any atom is -0.507 e.